The minimum absolute atomic E-state index is 0.0112. The van der Waals surface area contributed by atoms with Gasteiger partial charge in [-0.1, -0.05) is 36.4 Å². The van der Waals surface area contributed by atoms with Crippen molar-refractivity contribution in [3.63, 3.8) is 0 Å². The molecular formula is C26H24F3N5O5S. The summed E-state index contributed by atoms with van der Waals surface area (Å²) in [5.41, 5.74) is 9.73. The maximum absolute atomic E-state index is 13.0. The van der Waals surface area contributed by atoms with Crippen molar-refractivity contribution in [2.75, 3.05) is 5.32 Å². The number of carboxylic acid groups (broad SMARTS) is 1. The predicted octanol–water partition coefficient (Wildman–Crippen LogP) is 3.89. The van der Waals surface area contributed by atoms with Gasteiger partial charge in [-0.15, -0.1) is 0 Å². The molecule has 2 aromatic carbocycles. The minimum Gasteiger partial charge on any atom is -0.475 e. The Balaban J connectivity index is 0.000000559. The number of anilines is 1. The van der Waals surface area contributed by atoms with Crippen LogP contribution in [0.2, 0.25) is 0 Å². The number of nitrogens with zero attached hydrogens (tertiary/aromatic N) is 1. The number of hydrogen-bond donors (Lipinski definition) is 5. The minimum atomic E-state index is -5.08. The summed E-state index contributed by atoms with van der Waals surface area (Å²) in [5, 5.41) is 22.9. The summed E-state index contributed by atoms with van der Waals surface area (Å²) in [5.74, 6) is -2.66. The van der Waals surface area contributed by atoms with Crippen LogP contribution in [0.1, 0.15) is 30.4 Å². The highest BCUT2D eigenvalue weighted by Crippen LogP contribution is 2.35. The summed E-state index contributed by atoms with van der Waals surface area (Å²) in [7, 11) is -3.89. The van der Waals surface area contributed by atoms with Crippen LogP contribution < -0.4 is 16.2 Å². The zero-order valence-corrected chi connectivity index (χ0v) is 21.5. The molecule has 10 nitrogen and oxygen atoms in total. The van der Waals surface area contributed by atoms with Crippen molar-refractivity contribution in [1.82, 2.24) is 4.98 Å². The van der Waals surface area contributed by atoms with E-state index in [1.165, 1.54) is 12.3 Å². The van der Waals surface area contributed by atoms with Crippen LogP contribution in [0.3, 0.4) is 0 Å². The standard InChI is InChI=1S/C24H23N5O3S.C2HF3O2/c25-23(26)16-6-3-5-15(13-16)18-8-4-9-20(18)24(30)29-22-12-11-17(14-28-22)19-7-1-2-10-21(19)33(27,31)32;3-2(4,5)1(6)7/h1-3,5-7,10-14H,4,8-9H2,(H3,25,26)(H2,27,31,32)(H,28,29,30);(H,6,7). The van der Waals surface area contributed by atoms with E-state index in [2.05, 4.69) is 10.3 Å². The van der Waals surface area contributed by atoms with Gasteiger partial charge in [0.25, 0.3) is 5.91 Å². The summed E-state index contributed by atoms with van der Waals surface area (Å²) in [6, 6.07) is 17.1. The lowest BCUT2D eigenvalue weighted by Gasteiger charge is -2.11. The van der Waals surface area contributed by atoms with Crippen molar-refractivity contribution in [2.24, 2.45) is 10.9 Å². The Morgan fingerprint density at radius 2 is 1.68 bits per heavy atom. The number of rotatable bonds is 6. The first kappa shape index (κ1) is 30.0. The Morgan fingerprint density at radius 1 is 1.00 bits per heavy atom. The molecule has 0 saturated carbocycles. The molecule has 0 radical (unpaired) electrons. The number of hydrogen-bond acceptors (Lipinski definition) is 6. The van der Waals surface area contributed by atoms with Gasteiger partial charge >= 0.3 is 12.1 Å². The summed E-state index contributed by atoms with van der Waals surface area (Å²) < 4.78 is 55.5. The monoisotopic (exact) mass is 575 g/mol. The second kappa shape index (κ2) is 12.1. The molecule has 14 heteroatoms. The molecule has 0 aliphatic heterocycles. The van der Waals surface area contributed by atoms with E-state index in [4.69, 9.17) is 26.2 Å². The molecule has 0 unspecified atom stereocenters. The molecule has 1 aliphatic carbocycles. The van der Waals surface area contributed by atoms with Crippen molar-refractivity contribution in [1.29, 1.82) is 5.41 Å². The van der Waals surface area contributed by atoms with E-state index in [1.807, 2.05) is 18.2 Å². The number of carboxylic acids is 1. The van der Waals surface area contributed by atoms with E-state index in [0.29, 0.717) is 34.5 Å². The number of carbonyl (C=O) groups is 2. The second-order valence-electron chi connectivity index (χ2n) is 8.54. The molecule has 0 fully saturated rings. The van der Waals surface area contributed by atoms with Gasteiger partial charge in [0.15, 0.2) is 0 Å². The zero-order chi connectivity index (χ0) is 29.7. The van der Waals surface area contributed by atoms with E-state index in [9.17, 15) is 26.4 Å². The Labute approximate surface area is 227 Å². The third kappa shape index (κ3) is 7.51. The Hall–Kier alpha value is -4.56. The number of amidine groups is 1. The normalized spacial score (nSPS) is 13.3. The van der Waals surface area contributed by atoms with Crippen LogP contribution in [-0.2, 0) is 19.6 Å². The number of nitrogens with two attached hydrogens (primary N) is 2. The van der Waals surface area contributed by atoms with Gasteiger partial charge in [0.1, 0.15) is 11.7 Å². The van der Waals surface area contributed by atoms with Crippen LogP contribution in [0.25, 0.3) is 16.7 Å². The quantitative estimate of drug-likeness (QED) is 0.218. The molecule has 1 amide bonds. The van der Waals surface area contributed by atoms with Crippen LogP contribution in [0, 0.1) is 5.41 Å². The van der Waals surface area contributed by atoms with Crippen LogP contribution in [-0.4, -0.2) is 42.4 Å². The van der Waals surface area contributed by atoms with Crippen LogP contribution in [0.5, 0.6) is 0 Å². The highest BCUT2D eigenvalue weighted by atomic mass is 32.2. The number of sulfonamides is 1. The molecule has 4 rings (SSSR count). The predicted molar refractivity (Wildman–Crippen MR) is 142 cm³/mol. The average molecular weight is 576 g/mol. The van der Waals surface area contributed by atoms with E-state index in [1.54, 1.807) is 36.4 Å². The maximum atomic E-state index is 13.0. The van der Waals surface area contributed by atoms with Gasteiger partial charge in [-0.2, -0.15) is 13.2 Å². The summed E-state index contributed by atoms with van der Waals surface area (Å²) >= 11 is 0. The topological polar surface area (TPSA) is 189 Å². The molecule has 0 spiro atoms. The van der Waals surface area contributed by atoms with Crippen LogP contribution in [0.4, 0.5) is 19.0 Å². The third-order valence-electron chi connectivity index (χ3n) is 5.77. The molecule has 1 aliphatic rings. The Kier molecular flexibility index (Phi) is 9.06. The third-order valence-corrected chi connectivity index (χ3v) is 6.74. The zero-order valence-electron chi connectivity index (χ0n) is 20.7. The van der Waals surface area contributed by atoms with E-state index < -0.39 is 22.2 Å². The number of allylic oxidation sites excluding steroid dienone is 1. The molecule has 0 bridgehead atoms. The van der Waals surface area contributed by atoms with Gasteiger partial charge in [-0.3, -0.25) is 10.2 Å². The molecule has 1 aromatic heterocycles. The summed E-state index contributed by atoms with van der Waals surface area (Å²) in [6.45, 7) is 0. The van der Waals surface area contributed by atoms with Crippen molar-refractivity contribution in [2.45, 2.75) is 30.3 Å². The Bertz CT molecular complexity index is 1590. The number of primary sulfonamides is 1. The van der Waals surface area contributed by atoms with Gasteiger partial charge in [-0.05, 0) is 54.7 Å². The van der Waals surface area contributed by atoms with Crippen LogP contribution in [0.15, 0.2) is 77.3 Å². The molecule has 0 saturated heterocycles. The number of pyridine rings is 1. The highest BCUT2D eigenvalue weighted by Gasteiger charge is 2.38. The number of halogens is 3. The van der Waals surface area contributed by atoms with Gasteiger partial charge < -0.3 is 16.2 Å². The van der Waals surface area contributed by atoms with Gasteiger partial charge in [0.2, 0.25) is 10.0 Å². The molecule has 1 heterocycles. The fraction of sp³-hybridized carbons (Fsp3) is 0.154. The number of nitrogen functional groups attached to an aromatic ring is 1. The first-order valence-corrected chi connectivity index (χ1v) is 13.1. The van der Waals surface area contributed by atoms with E-state index >= 15 is 0 Å². The highest BCUT2D eigenvalue weighted by molar-refractivity contribution is 7.89. The lowest BCUT2D eigenvalue weighted by atomic mass is 9.99. The fourth-order valence-electron chi connectivity index (χ4n) is 3.96. The Morgan fingerprint density at radius 3 is 2.25 bits per heavy atom. The number of amides is 1. The lowest BCUT2D eigenvalue weighted by Crippen LogP contribution is -2.21. The van der Waals surface area contributed by atoms with Crippen molar-refractivity contribution >= 4 is 39.1 Å². The van der Waals surface area contributed by atoms with Crippen molar-refractivity contribution in [3.05, 3.63) is 83.6 Å². The summed E-state index contributed by atoms with van der Waals surface area (Å²) in [4.78, 5) is 26.2. The molecule has 210 valence electrons. The number of nitrogens with one attached hydrogen (secondary N) is 2. The maximum Gasteiger partial charge on any atom is 0.490 e. The smallest absolute Gasteiger partial charge is 0.475 e. The fourth-order valence-corrected chi connectivity index (χ4v) is 4.72. The van der Waals surface area contributed by atoms with Gasteiger partial charge in [0.05, 0.1) is 4.90 Å². The molecule has 7 N–H and O–H groups in total. The lowest BCUT2D eigenvalue weighted by molar-refractivity contribution is -0.192. The first-order chi connectivity index (χ1) is 18.7. The van der Waals surface area contributed by atoms with Gasteiger partial charge in [-0.25, -0.2) is 23.3 Å². The number of carbonyl (C=O) groups excluding carboxylic acids is 1. The van der Waals surface area contributed by atoms with E-state index in [-0.39, 0.29) is 16.6 Å². The SMILES string of the molecule is N=C(N)c1cccc(C2=C(C(=O)Nc3ccc(-c4ccccc4S(N)(=O)=O)cn3)CCC2)c1.O=C(O)C(F)(F)F. The average Bonchev–Trinajstić information content (AvgIpc) is 3.39. The molecule has 40 heavy (non-hydrogen) atoms. The number of aromatic nitrogens is 1. The van der Waals surface area contributed by atoms with Crippen LogP contribution >= 0.6 is 0 Å². The van der Waals surface area contributed by atoms with Crippen molar-refractivity contribution in [3.8, 4) is 11.1 Å². The number of benzene rings is 2. The van der Waals surface area contributed by atoms with Crippen molar-refractivity contribution < 1.29 is 36.3 Å². The second-order valence-corrected chi connectivity index (χ2v) is 10.1. The molecule has 0 atom stereocenters. The van der Waals surface area contributed by atoms with Gasteiger partial charge in [0, 0.05) is 28.5 Å². The summed E-state index contributed by atoms with van der Waals surface area (Å²) in [6.07, 6.45) is -1.31. The largest absolute Gasteiger partial charge is 0.490 e. The molecular weight excluding hydrogens is 551 g/mol. The number of aliphatic carboxylic acids is 1. The molecule has 3 aromatic rings. The first-order valence-electron chi connectivity index (χ1n) is 11.5. The number of alkyl halides is 3. The van der Waals surface area contributed by atoms with E-state index in [0.717, 1.165) is 24.0 Å².